The van der Waals surface area contributed by atoms with Crippen LogP contribution < -0.4 is 5.73 Å². The molecule has 2 rings (SSSR count). The smallest absolute Gasteiger partial charge is 0.144 e. The molecule has 0 saturated heterocycles. The molecule has 3 nitrogen and oxygen atoms in total. The van der Waals surface area contributed by atoms with Gasteiger partial charge in [0.2, 0.25) is 0 Å². The third kappa shape index (κ3) is 1.47. The highest BCUT2D eigenvalue weighted by Gasteiger charge is 2.16. The summed E-state index contributed by atoms with van der Waals surface area (Å²) in [5.74, 6) is 0.562. The van der Waals surface area contributed by atoms with Crippen molar-refractivity contribution in [3.8, 4) is 0 Å². The number of aliphatic hydroxyl groups is 1. The second kappa shape index (κ2) is 2.93. The number of nitrogens with zero attached hydrogens (tertiary/aromatic N) is 1. The molecule has 0 aliphatic carbocycles. The molecule has 0 bridgehead atoms. The first-order valence-corrected chi connectivity index (χ1v) is 5.13. The summed E-state index contributed by atoms with van der Waals surface area (Å²) in [4.78, 5) is 0. The summed E-state index contributed by atoms with van der Waals surface area (Å²) >= 11 is 1.36. The number of hydrogen-bond acceptors (Lipinski definition) is 4. The Labute approximate surface area is 86.3 Å². The van der Waals surface area contributed by atoms with Gasteiger partial charge in [0.1, 0.15) is 5.82 Å². The normalized spacial score (nSPS) is 12.2. The van der Waals surface area contributed by atoms with Gasteiger partial charge in [-0.15, -0.1) is 0 Å². The second-order valence-electron chi connectivity index (χ2n) is 3.84. The van der Waals surface area contributed by atoms with Gasteiger partial charge in [0.05, 0.1) is 10.3 Å². The fourth-order valence-corrected chi connectivity index (χ4v) is 2.08. The standard InChI is InChI=1S/C10H12N2OS/c1-10(2,13)6-3-4-7-8(5-6)14-12-9(7)11/h3-5,13H,1-2H3,(H2,11,12). The van der Waals surface area contributed by atoms with Crippen molar-refractivity contribution >= 4 is 27.4 Å². The van der Waals surface area contributed by atoms with E-state index in [4.69, 9.17) is 5.73 Å². The number of anilines is 1. The molecular weight excluding hydrogens is 196 g/mol. The van der Waals surface area contributed by atoms with Crippen molar-refractivity contribution in [2.45, 2.75) is 19.4 Å². The molecule has 0 aliphatic rings. The third-order valence-electron chi connectivity index (χ3n) is 2.21. The maximum absolute atomic E-state index is 9.81. The molecule has 2 aromatic rings. The van der Waals surface area contributed by atoms with Gasteiger partial charge < -0.3 is 10.8 Å². The zero-order valence-electron chi connectivity index (χ0n) is 8.11. The van der Waals surface area contributed by atoms with Crippen molar-refractivity contribution < 1.29 is 5.11 Å². The molecule has 1 aromatic heterocycles. The van der Waals surface area contributed by atoms with Crippen molar-refractivity contribution in [1.29, 1.82) is 0 Å². The molecule has 0 unspecified atom stereocenters. The van der Waals surface area contributed by atoms with Gasteiger partial charge in [-0.05, 0) is 43.1 Å². The summed E-state index contributed by atoms with van der Waals surface area (Å²) in [6.45, 7) is 3.52. The Balaban J connectivity index is 2.63. The van der Waals surface area contributed by atoms with Crippen molar-refractivity contribution in [2.75, 3.05) is 5.73 Å². The van der Waals surface area contributed by atoms with Crippen LogP contribution in [0.5, 0.6) is 0 Å². The maximum atomic E-state index is 9.81. The third-order valence-corrected chi connectivity index (χ3v) is 3.03. The van der Waals surface area contributed by atoms with Crippen molar-refractivity contribution in [1.82, 2.24) is 4.37 Å². The molecule has 0 atom stereocenters. The van der Waals surface area contributed by atoms with Crippen LogP contribution in [0.1, 0.15) is 19.4 Å². The molecule has 0 saturated carbocycles. The Morgan fingerprint density at radius 1 is 1.43 bits per heavy atom. The highest BCUT2D eigenvalue weighted by molar-refractivity contribution is 7.13. The first-order valence-electron chi connectivity index (χ1n) is 4.36. The number of benzene rings is 1. The van der Waals surface area contributed by atoms with Crippen LogP contribution in [0.25, 0.3) is 10.1 Å². The first kappa shape index (κ1) is 9.43. The monoisotopic (exact) mass is 208 g/mol. The Kier molecular flexibility index (Phi) is 1.97. The molecule has 0 amide bonds. The average molecular weight is 208 g/mol. The second-order valence-corrected chi connectivity index (χ2v) is 4.64. The molecule has 3 N–H and O–H groups in total. The zero-order chi connectivity index (χ0) is 10.3. The molecule has 0 aliphatic heterocycles. The highest BCUT2D eigenvalue weighted by atomic mass is 32.1. The topological polar surface area (TPSA) is 59.1 Å². The predicted molar refractivity (Wildman–Crippen MR) is 59.3 cm³/mol. The van der Waals surface area contributed by atoms with Crippen LogP contribution in [0.4, 0.5) is 5.82 Å². The molecule has 1 aromatic carbocycles. The maximum Gasteiger partial charge on any atom is 0.144 e. The minimum atomic E-state index is -0.813. The van der Waals surface area contributed by atoms with Crippen LogP contribution in [0.2, 0.25) is 0 Å². The van der Waals surface area contributed by atoms with Gasteiger partial charge in [-0.1, -0.05) is 6.07 Å². The van der Waals surface area contributed by atoms with Gasteiger partial charge >= 0.3 is 0 Å². The van der Waals surface area contributed by atoms with E-state index in [1.807, 2.05) is 18.2 Å². The van der Waals surface area contributed by atoms with Gasteiger partial charge in [-0.3, -0.25) is 0 Å². The Hall–Kier alpha value is -1.13. The van der Waals surface area contributed by atoms with Crippen LogP contribution in [0, 0.1) is 0 Å². The molecule has 0 spiro atoms. The summed E-state index contributed by atoms with van der Waals surface area (Å²) in [6, 6.07) is 5.72. The number of nitrogens with two attached hydrogens (primary N) is 1. The van der Waals surface area contributed by atoms with Gasteiger partial charge in [-0.25, -0.2) is 0 Å². The number of rotatable bonds is 1. The summed E-state index contributed by atoms with van der Waals surface area (Å²) in [5, 5.41) is 10.8. The minimum Gasteiger partial charge on any atom is -0.386 e. The number of aromatic nitrogens is 1. The van der Waals surface area contributed by atoms with Crippen LogP contribution in [-0.2, 0) is 5.60 Å². The van der Waals surface area contributed by atoms with Gasteiger partial charge in [0, 0.05) is 5.39 Å². The molecule has 74 valence electrons. The van der Waals surface area contributed by atoms with E-state index >= 15 is 0 Å². The van der Waals surface area contributed by atoms with E-state index in [-0.39, 0.29) is 0 Å². The summed E-state index contributed by atoms with van der Waals surface area (Å²) in [7, 11) is 0. The lowest BCUT2D eigenvalue weighted by Gasteiger charge is -2.17. The molecule has 0 fully saturated rings. The first-order chi connectivity index (χ1) is 6.48. The SMILES string of the molecule is CC(C)(O)c1ccc2c(N)nsc2c1. The van der Waals surface area contributed by atoms with E-state index in [1.165, 1.54) is 11.5 Å². The van der Waals surface area contributed by atoms with Gasteiger partial charge in [0.25, 0.3) is 0 Å². The average Bonchev–Trinajstić information content (AvgIpc) is 2.46. The molecule has 0 radical (unpaired) electrons. The largest absolute Gasteiger partial charge is 0.386 e. The predicted octanol–water partition coefficient (Wildman–Crippen LogP) is 2.11. The number of fused-ring (bicyclic) bond motifs is 1. The molecule has 1 heterocycles. The summed E-state index contributed by atoms with van der Waals surface area (Å²) in [5.41, 5.74) is 5.74. The van der Waals surface area contributed by atoms with E-state index in [9.17, 15) is 5.11 Å². The van der Waals surface area contributed by atoms with Gasteiger partial charge in [0.15, 0.2) is 0 Å². The zero-order valence-corrected chi connectivity index (χ0v) is 8.93. The van der Waals surface area contributed by atoms with Crippen molar-refractivity contribution in [3.63, 3.8) is 0 Å². The lowest BCUT2D eigenvalue weighted by molar-refractivity contribution is 0.0787. The molecule has 4 heteroatoms. The van der Waals surface area contributed by atoms with E-state index in [1.54, 1.807) is 13.8 Å². The molecule has 14 heavy (non-hydrogen) atoms. The van der Waals surface area contributed by atoms with Crippen LogP contribution in [-0.4, -0.2) is 9.48 Å². The number of nitrogen functional groups attached to an aromatic ring is 1. The van der Waals surface area contributed by atoms with Crippen molar-refractivity contribution in [3.05, 3.63) is 23.8 Å². The van der Waals surface area contributed by atoms with E-state index in [0.717, 1.165) is 15.6 Å². The fraction of sp³-hybridized carbons (Fsp3) is 0.300. The van der Waals surface area contributed by atoms with Crippen molar-refractivity contribution in [2.24, 2.45) is 0 Å². The number of hydrogen-bond donors (Lipinski definition) is 2. The Morgan fingerprint density at radius 3 is 2.79 bits per heavy atom. The minimum absolute atomic E-state index is 0.562. The highest BCUT2D eigenvalue weighted by Crippen LogP contribution is 2.29. The van der Waals surface area contributed by atoms with E-state index < -0.39 is 5.60 Å². The molecular formula is C10H12N2OS. The van der Waals surface area contributed by atoms with Crippen LogP contribution in [0.3, 0.4) is 0 Å². The lowest BCUT2D eigenvalue weighted by Crippen LogP contribution is -2.14. The summed E-state index contributed by atoms with van der Waals surface area (Å²) in [6.07, 6.45) is 0. The van der Waals surface area contributed by atoms with Crippen LogP contribution in [0.15, 0.2) is 18.2 Å². The summed E-state index contributed by atoms with van der Waals surface area (Å²) < 4.78 is 5.07. The Morgan fingerprint density at radius 2 is 2.14 bits per heavy atom. The van der Waals surface area contributed by atoms with Crippen LogP contribution >= 0.6 is 11.5 Å². The quantitative estimate of drug-likeness (QED) is 0.754. The lowest BCUT2D eigenvalue weighted by atomic mass is 9.98. The fourth-order valence-electron chi connectivity index (χ4n) is 1.34. The van der Waals surface area contributed by atoms with E-state index in [2.05, 4.69) is 4.37 Å². The van der Waals surface area contributed by atoms with E-state index in [0.29, 0.717) is 5.82 Å². The van der Waals surface area contributed by atoms with Gasteiger partial charge in [-0.2, -0.15) is 4.37 Å². The Bertz CT molecular complexity index is 470.